The maximum atomic E-state index is 12.8. The molecule has 0 amide bonds. The van der Waals surface area contributed by atoms with Crippen LogP contribution in [0.15, 0.2) is 24.3 Å². The third kappa shape index (κ3) is 4.01. The zero-order valence-corrected chi connectivity index (χ0v) is 13.7. The van der Waals surface area contributed by atoms with E-state index in [0.29, 0.717) is 23.6 Å². The molecule has 1 aliphatic heterocycles. The van der Waals surface area contributed by atoms with Crippen molar-refractivity contribution in [2.75, 3.05) is 18.4 Å². The van der Waals surface area contributed by atoms with E-state index in [4.69, 9.17) is 0 Å². The minimum atomic E-state index is -4.51. The van der Waals surface area contributed by atoms with E-state index in [-0.39, 0.29) is 11.1 Å². The van der Waals surface area contributed by atoms with Crippen LogP contribution in [-0.2, 0) is 6.18 Å². The topological polar surface area (TPSA) is 70.1 Å². The van der Waals surface area contributed by atoms with E-state index in [0.717, 1.165) is 32.0 Å². The predicted octanol–water partition coefficient (Wildman–Crippen LogP) is 3.34. The van der Waals surface area contributed by atoms with Crippen LogP contribution >= 0.6 is 0 Å². The summed E-state index contributed by atoms with van der Waals surface area (Å²) in [6.07, 6.45) is -2.24. The molecule has 1 aromatic heterocycles. The second-order valence-corrected chi connectivity index (χ2v) is 6.16. The van der Waals surface area contributed by atoms with Crippen LogP contribution in [0.4, 0.5) is 19.0 Å². The van der Waals surface area contributed by atoms with Crippen molar-refractivity contribution in [3.05, 3.63) is 35.4 Å². The zero-order chi connectivity index (χ0) is 18.0. The molecule has 0 unspecified atom stereocenters. The number of halogens is 3. The molecule has 3 rings (SSSR count). The summed E-state index contributed by atoms with van der Waals surface area (Å²) < 4.78 is 38.4. The summed E-state index contributed by atoms with van der Waals surface area (Å²) in [4.78, 5) is 0. The standard InChI is InChI=1S/C17H19F3N4O/c1-10-7-11(17(18,19)20)8-14(25)16(10)13-4-5-15(24-23-13)22-9-12-3-2-6-21-12/h4-5,7-8,12,21,25H,2-3,6,9H2,1H3,(H,22,24)/t12-/m0/s1. The third-order valence-corrected chi connectivity index (χ3v) is 4.25. The Labute approximate surface area is 143 Å². The number of aryl methyl sites for hydroxylation is 1. The second-order valence-electron chi connectivity index (χ2n) is 6.16. The fourth-order valence-electron chi connectivity index (χ4n) is 2.98. The molecular weight excluding hydrogens is 333 g/mol. The van der Waals surface area contributed by atoms with Crippen molar-refractivity contribution in [3.63, 3.8) is 0 Å². The van der Waals surface area contributed by atoms with Gasteiger partial charge in [-0.2, -0.15) is 13.2 Å². The molecule has 1 aromatic carbocycles. The summed E-state index contributed by atoms with van der Waals surface area (Å²) in [5.74, 6) is 0.124. The van der Waals surface area contributed by atoms with Crippen LogP contribution in [0.1, 0.15) is 24.0 Å². The Morgan fingerprint density at radius 3 is 2.64 bits per heavy atom. The normalized spacial score (nSPS) is 17.7. The Balaban J connectivity index is 1.77. The van der Waals surface area contributed by atoms with E-state index in [1.165, 1.54) is 6.92 Å². The molecular formula is C17H19F3N4O. The van der Waals surface area contributed by atoms with Gasteiger partial charge in [0.1, 0.15) is 11.6 Å². The van der Waals surface area contributed by atoms with Gasteiger partial charge in [-0.05, 0) is 56.1 Å². The second kappa shape index (κ2) is 6.87. The van der Waals surface area contributed by atoms with Gasteiger partial charge in [-0.15, -0.1) is 10.2 Å². The largest absolute Gasteiger partial charge is 0.507 e. The summed E-state index contributed by atoms with van der Waals surface area (Å²) in [6.45, 7) is 3.26. The van der Waals surface area contributed by atoms with Crippen molar-refractivity contribution in [1.29, 1.82) is 0 Å². The molecule has 0 spiro atoms. The smallest absolute Gasteiger partial charge is 0.416 e. The average Bonchev–Trinajstić information content (AvgIpc) is 3.06. The fourth-order valence-corrected chi connectivity index (χ4v) is 2.98. The van der Waals surface area contributed by atoms with Gasteiger partial charge in [0.25, 0.3) is 0 Å². The summed E-state index contributed by atoms with van der Waals surface area (Å²) in [7, 11) is 0. The van der Waals surface area contributed by atoms with Crippen LogP contribution in [0, 0.1) is 6.92 Å². The highest BCUT2D eigenvalue weighted by molar-refractivity contribution is 5.71. The molecule has 0 aliphatic carbocycles. The Kier molecular flexibility index (Phi) is 4.80. The van der Waals surface area contributed by atoms with Crippen molar-refractivity contribution < 1.29 is 18.3 Å². The molecule has 0 radical (unpaired) electrons. The molecule has 8 heteroatoms. The van der Waals surface area contributed by atoms with Gasteiger partial charge < -0.3 is 15.7 Å². The van der Waals surface area contributed by atoms with Gasteiger partial charge in [-0.3, -0.25) is 0 Å². The molecule has 0 saturated carbocycles. The first kappa shape index (κ1) is 17.5. The molecule has 25 heavy (non-hydrogen) atoms. The third-order valence-electron chi connectivity index (χ3n) is 4.25. The molecule has 134 valence electrons. The minimum Gasteiger partial charge on any atom is -0.507 e. The summed E-state index contributed by atoms with van der Waals surface area (Å²) in [5.41, 5.74) is -0.0168. The van der Waals surface area contributed by atoms with E-state index in [1.54, 1.807) is 12.1 Å². The SMILES string of the molecule is Cc1cc(C(F)(F)F)cc(O)c1-c1ccc(NC[C@@H]2CCCN2)nn1. The van der Waals surface area contributed by atoms with Crippen LogP contribution in [0.25, 0.3) is 11.3 Å². The number of phenols is 1. The lowest BCUT2D eigenvalue weighted by molar-refractivity contribution is -0.137. The number of hydrogen-bond donors (Lipinski definition) is 3. The van der Waals surface area contributed by atoms with E-state index < -0.39 is 17.5 Å². The maximum absolute atomic E-state index is 12.8. The number of rotatable bonds is 4. The summed E-state index contributed by atoms with van der Waals surface area (Å²) >= 11 is 0. The summed E-state index contributed by atoms with van der Waals surface area (Å²) in [6, 6.07) is 5.44. The lowest BCUT2D eigenvalue weighted by Gasteiger charge is -2.14. The van der Waals surface area contributed by atoms with Gasteiger partial charge in [0, 0.05) is 18.2 Å². The number of alkyl halides is 3. The van der Waals surface area contributed by atoms with Crippen LogP contribution in [0.2, 0.25) is 0 Å². The molecule has 1 atom stereocenters. The first-order chi connectivity index (χ1) is 11.8. The number of aromatic hydroxyl groups is 1. The predicted molar refractivity (Wildman–Crippen MR) is 88.4 cm³/mol. The summed E-state index contributed by atoms with van der Waals surface area (Å²) in [5, 5.41) is 24.6. The van der Waals surface area contributed by atoms with Gasteiger partial charge in [0.15, 0.2) is 0 Å². The average molecular weight is 352 g/mol. The number of hydrogen-bond acceptors (Lipinski definition) is 5. The zero-order valence-electron chi connectivity index (χ0n) is 13.7. The molecule has 0 bridgehead atoms. The molecule has 1 fully saturated rings. The van der Waals surface area contributed by atoms with Crippen molar-refractivity contribution in [1.82, 2.24) is 15.5 Å². The van der Waals surface area contributed by atoms with E-state index in [9.17, 15) is 18.3 Å². The number of nitrogens with zero attached hydrogens (tertiary/aromatic N) is 2. The first-order valence-electron chi connectivity index (χ1n) is 8.07. The van der Waals surface area contributed by atoms with Gasteiger partial charge in [0.2, 0.25) is 0 Å². The van der Waals surface area contributed by atoms with Crippen molar-refractivity contribution in [3.8, 4) is 17.0 Å². The lowest BCUT2D eigenvalue weighted by atomic mass is 10.0. The Bertz CT molecular complexity index is 718. The van der Waals surface area contributed by atoms with Crippen LogP contribution < -0.4 is 10.6 Å². The first-order valence-corrected chi connectivity index (χ1v) is 8.07. The molecule has 1 saturated heterocycles. The van der Waals surface area contributed by atoms with E-state index in [2.05, 4.69) is 20.8 Å². The maximum Gasteiger partial charge on any atom is 0.416 e. The number of aromatic nitrogens is 2. The number of phenolic OH excluding ortho intramolecular Hbond substituents is 1. The Morgan fingerprint density at radius 1 is 1.28 bits per heavy atom. The quantitative estimate of drug-likeness (QED) is 0.787. The van der Waals surface area contributed by atoms with Crippen LogP contribution in [0.5, 0.6) is 5.75 Å². The van der Waals surface area contributed by atoms with Crippen molar-refractivity contribution in [2.45, 2.75) is 32.0 Å². The van der Waals surface area contributed by atoms with E-state index >= 15 is 0 Å². The molecule has 1 aliphatic rings. The molecule has 2 heterocycles. The van der Waals surface area contributed by atoms with Crippen molar-refractivity contribution >= 4 is 5.82 Å². The Morgan fingerprint density at radius 2 is 2.08 bits per heavy atom. The van der Waals surface area contributed by atoms with Gasteiger partial charge in [-0.25, -0.2) is 0 Å². The lowest BCUT2D eigenvalue weighted by Crippen LogP contribution is -2.29. The van der Waals surface area contributed by atoms with Crippen molar-refractivity contribution in [2.24, 2.45) is 0 Å². The number of anilines is 1. The van der Waals surface area contributed by atoms with Gasteiger partial charge >= 0.3 is 6.18 Å². The number of nitrogens with one attached hydrogen (secondary N) is 2. The van der Waals surface area contributed by atoms with Crippen LogP contribution in [0.3, 0.4) is 0 Å². The highest BCUT2D eigenvalue weighted by atomic mass is 19.4. The van der Waals surface area contributed by atoms with Gasteiger partial charge in [-0.1, -0.05) is 0 Å². The monoisotopic (exact) mass is 352 g/mol. The van der Waals surface area contributed by atoms with Crippen LogP contribution in [-0.4, -0.2) is 34.4 Å². The van der Waals surface area contributed by atoms with E-state index in [1.807, 2.05) is 0 Å². The highest BCUT2D eigenvalue weighted by Gasteiger charge is 2.32. The molecule has 2 aromatic rings. The highest BCUT2D eigenvalue weighted by Crippen LogP contribution is 2.38. The minimum absolute atomic E-state index is 0.254. The fraction of sp³-hybridized carbons (Fsp3) is 0.412. The number of benzene rings is 1. The Hall–Kier alpha value is -2.35. The molecule has 5 nitrogen and oxygen atoms in total. The van der Waals surface area contributed by atoms with Gasteiger partial charge in [0.05, 0.1) is 11.3 Å². The molecule has 3 N–H and O–H groups in total.